The number of benzene rings is 1. The molecule has 0 unspecified atom stereocenters. The lowest BCUT2D eigenvalue weighted by molar-refractivity contribution is -0.133. The average Bonchev–Trinajstić information content (AvgIpc) is 3.20. The third-order valence-electron chi connectivity index (χ3n) is 5.60. The summed E-state index contributed by atoms with van der Waals surface area (Å²) in [5.74, 6) is -0.737. The maximum absolute atomic E-state index is 14.2. The molecule has 2 fully saturated rings. The average molecular weight is 411 g/mol. The van der Waals surface area contributed by atoms with Crippen molar-refractivity contribution in [3.05, 3.63) is 29.6 Å². The summed E-state index contributed by atoms with van der Waals surface area (Å²) in [5.41, 5.74) is -0.276. The summed E-state index contributed by atoms with van der Waals surface area (Å²) in [4.78, 5) is 28.2. The van der Waals surface area contributed by atoms with Crippen LogP contribution in [0.3, 0.4) is 0 Å². The monoisotopic (exact) mass is 411 g/mol. The molecular formula is C19H26FN3O4S. The molecule has 1 heterocycles. The number of carbonyl (C=O) groups is 2. The first-order valence-electron chi connectivity index (χ1n) is 9.62. The highest BCUT2D eigenvalue weighted by atomic mass is 32.2. The van der Waals surface area contributed by atoms with Gasteiger partial charge in [0.05, 0.1) is 10.5 Å². The van der Waals surface area contributed by atoms with E-state index in [9.17, 15) is 22.4 Å². The van der Waals surface area contributed by atoms with Gasteiger partial charge in [0.15, 0.2) is 0 Å². The van der Waals surface area contributed by atoms with Crippen LogP contribution in [-0.4, -0.2) is 63.3 Å². The first-order chi connectivity index (χ1) is 13.3. The van der Waals surface area contributed by atoms with Gasteiger partial charge in [0.25, 0.3) is 5.91 Å². The van der Waals surface area contributed by atoms with E-state index in [0.29, 0.717) is 38.5 Å². The molecule has 1 aromatic rings. The number of halogens is 1. The molecule has 0 bridgehead atoms. The Morgan fingerprint density at radius 2 is 1.71 bits per heavy atom. The lowest BCUT2D eigenvalue weighted by atomic mass is 10.0. The maximum atomic E-state index is 14.2. The molecule has 7 nitrogen and oxygen atoms in total. The number of amides is 2. The van der Waals surface area contributed by atoms with Gasteiger partial charge in [-0.05, 0) is 44.0 Å². The van der Waals surface area contributed by atoms with Crippen LogP contribution in [-0.2, 0) is 14.8 Å². The van der Waals surface area contributed by atoms with E-state index in [4.69, 9.17) is 0 Å². The second-order valence-corrected chi connectivity index (χ2v) is 9.26. The lowest BCUT2D eigenvalue weighted by Gasteiger charge is -2.35. The van der Waals surface area contributed by atoms with E-state index in [1.165, 1.54) is 24.8 Å². The van der Waals surface area contributed by atoms with Crippen LogP contribution in [0.2, 0.25) is 0 Å². The second-order valence-electron chi connectivity index (χ2n) is 7.38. The van der Waals surface area contributed by atoms with Crippen molar-refractivity contribution in [2.45, 2.75) is 37.0 Å². The Labute approximate surface area is 164 Å². The van der Waals surface area contributed by atoms with Gasteiger partial charge in [0.1, 0.15) is 5.82 Å². The Bertz CT molecular complexity index is 845. The fraction of sp³-hybridized carbons (Fsp3) is 0.579. The minimum Gasteiger partial charge on any atom is -0.339 e. The van der Waals surface area contributed by atoms with Crippen LogP contribution in [0.5, 0.6) is 0 Å². The third-order valence-corrected chi connectivity index (χ3v) is 7.02. The summed E-state index contributed by atoms with van der Waals surface area (Å²) in [7, 11) is -2.52. The number of carbonyl (C=O) groups excluding carboxylic acids is 2. The summed E-state index contributed by atoms with van der Waals surface area (Å²) in [6.45, 7) is 1.43. The summed E-state index contributed by atoms with van der Waals surface area (Å²) in [5, 5.41) is 0. The molecule has 9 heteroatoms. The lowest BCUT2D eigenvalue weighted by Crippen LogP contribution is -2.51. The van der Waals surface area contributed by atoms with Gasteiger partial charge in [0.2, 0.25) is 15.9 Å². The fourth-order valence-corrected chi connectivity index (χ4v) is 4.63. The number of piperazine rings is 1. The Balaban J connectivity index is 1.63. The van der Waals surface area contributed by atoms with Gasteiger partial charge in [0, 0.05) is 32.6 Å². The van der Waals surface area contributed by atoms with Crippen LogP contribution in [0, 0.1) is 11.7 Å². The van der Waals surface area contributed by atoms with E-state index >= 15 is 0 Å². The standard InChI is InChI=1S/C19H26FN3O4S/c1-21-28(26,27)15-6-7-17(20)16(13-15)19(25)23-10-8-22(9-11-23)18(24)12-14-4-2-3-5-14/h6-7,13-14,21H,2-5,8-12H2,1H3. The van der Waals surface area contributed by atoms with E-state index < -0.39 is 21.7 Å². The summed E-state index contributed by atoms with van der Waals surface area (Å²) in [6.07, 6.45) is 5.15. The van der Waals surface area contributed by atoms with Crippen LogP contribution in [0.4, 0.5) is 4.39 Å². The maximum Gasteiger partial charge on any atom is 0.256 e. The smallest absolute Gasteiger partial charge is 0.256 e. The first-order valence-corrected chi connectivity index (χ1v) is 11.1. The molecular weight excluding hydrogens is 385 g/mol. The molecule has 28 heavy (non-hydrogen) atoms. The Hall–Kier alpha value is -2.00. The summed E-state index contributed by atoms with van der Waals surface area (Å²) < 4.78 is 40.2. The van der Waals surface area contributed by atoms with Crippen molar-refractivity contribution in [2.75, 3.05) is 33.2 Å². The minimum atomic E-state index is -3.77. The van der Waals surface area contributed by atoms with Gasteiger partial charge in [-0.1, -0.05) is 12.8 Å². The number of sulfonamides is 1. The molecule has 0 atom stereocenters. The summed E-state index contributed by atoms with van der Waals surface area (Å²) >= 11 is 0. The van der Waals surface area contributed by atoms with Gasteiger partial charge in [-0.25, -0.2) is 17.5 Å². The zero-order valence-electron chi connectivity index (χ0n) is 16.0. The number of nitrogens with zero attached hydrogens (tertiary/aromatic N) is 2. The molecule has 154 valence electrons. The molecule has 1 saturated carbocycles. The topological polar surface area (TPSA) is 86.8 Å². The molecule has 1 aliphatic carbocycles. The molecule has 1 aromatic carbocycles. The van der Waals surface area contributed by atoms with E-state index in [-0.39, 0.29) is 16.4 Å². The van der Waals surface area contributed by atoms with Gasteiger partial charge in [-0.2, -0.15) is 0 Å². The molecule has 0 radical (unpaired) electrons. The van der Waals surface area contributed by atoms with Crippen molar-refractivity contribution in [1.82, 2.24) is 14.5 Å². The molecule has 1 N–H and O–H groups in total. The zero-order chi connectivity index (χ0) is 20.3. The molecule has 1 aliphatic heterocycles. The largest absolute Gasteiger partial charge is 0.339 e. The van der Waals surface area contributed by atoms with E-state index in [1.807, 2.05) is 0 Å². The number of hydrogen-bond donors (Lipinski definition) is 1. The SMILES string of the molecule is CNS(=O)(=O)c1ccc(F)c(C(=O)N2CCN(C(=O)CC3CCCC3)CC2)c1. The van der Waals surface area contributed by atoms with Crippen LogP contribution in [0.1, 0.15) is 42.5 Å². The predicted octanol–water partition coefficient (Wildman–Crippen LogP) is 1.60. The Morgan fingerprint density at radius 3 is 2.32 bits per heavy atom. The van der Waals surface area contributed by atoms with E-state index in [0.717, 1.165) is 31.0 Å². The van der Waals surface area contributed by atoms with Crippen molar-refractivity contribution in [3.8, 4) is 0 Å². The van der Waals surface area contributed by atoms with Crippen LogP contribution in [0.25, 0.3) is 0 Å². The zero-order valence-corrected chi connectivity index (χ0v) is 16.8. The Kier molecular flexibility index (Phi) is 6.34. The highest BCUT2D eigenvalue weighted by Gasteiger charge is 2.29. The van der Waals surface area contributed by atoms with Gasteiger partial charge in [-0.15, -0.1) is 0 Å². The molecule has 2 aliphatic rings. The first kappa shape index (κ1) is 20.7. The molecule has 0 spiro atoms. The van der Waals surface area contributed by atoms with Gasteiger partial charge in [-0.3, -0.25) is 9.59 Å². The second kappa shape index (κ2) is 8.57. The number of rotatable bonds is 5. The van der Waals surface area contributed by atoms with E-state index in [2.05, 4.69) is 4.72 Å². The highest BCUT2D eigenvalue weighted by Crippen LogP contribution is 2.28. The number of nitrogens with one attached hydrogen (secondary N) is 1. The van der Waals surface area contributed by atoms with Crippen molar-refractivity contribution in [2.24, 2.45) is 5.92 Å². The van der Waals surface area contributed by atoms with Crippen LogP contribution < -0.4 is 4.72 Å². The normalized spacial score (nSPS) is 18.5. The highest BCUT2D eigenvalue weighted by molar-refractivity contribution is 7.89. The van der Waals surface area contributed by atoms with Crippen molar-refractivity contribution in [3.63, 3.8) is 0 Å². The Morgan fingerprint density at radius 1 is 1.11 bits per heavy atom. The van der Waals surface area contributed by atoms with Crippen LogP contribution >= 0.6 is 0 Å². The van der Waals surface area contributed by atoms with Gasteiger partial charge < -0.3 is 9.80 Å². The molecule has 3 rings (SSSR count). The van der Waals surface area contributed by atoms with E-state index in [1.54, 1.807) is 4.90 Å². The van der Waals surface area contributed by atoms with Gasteiger partial charge >= 0.3 is 0 Å². The van der Waals surface area contributed by atoms with Crippen LogP contribution in [0.15, 0.2) is 23.1 Å². The van der Waals surface area contributed by atoms with Crippen molar-refractivity contribution >= 4 is 21.8 Å². The number of hydrogen-bond acceptors (Lipinski definition) is 4. The quantitative estimate of drug-likeness (QED) is 0.797. The van der Waals surface area contributed by atoms with Crippen molar-refractivity contribution in [1.29, 1.82) is 0 Å². The minimum absolute atomic E-state index is 0.118. The molecule has 1 saturated heterocycles. The molecule has 0 aromatic heterocycles. The van der Waals surface area contributed by atoms with Crippen molar-refractivity contribution < 1.29 is 22.4 Å². The third kappa shape index (κ3) is 4.52. The predicted molar refractivity (Wildman–Crippen MR) is 102 cm³/mol. The fourth-order valence-electron chi connectivity index (χ4n) is 3.87. The summed E-state index contributed by atoms with van der Waals surface area (Å²) in [6, 6.07) is 3.16. The molecule has 2 amide bonds.